The number of imide groups is 1. The van der Waals surface area contributed by atoms with E-state index in [0.717, 1.165) is 34.0 Å². The third kappa shape index (κ3) is 3.75. The predicted molar refractivity (Wildman–Crippen MR) is 110 cm³/mol. The highest BCUT2D eigenvalue weighted by Gasteiger charge is 2.43. The SMILES string of the molecule is Cc1ccc2c(cnn2CCOc2ccc(CC3(C)SC(=O)NC3=O)cc2)c1. The van der Waals surface area contributed by atoms with Crippen molar-refractivity contribution in [3.05, 3.63) is 59.8 Å². The Bertz CT molecular complexity index is 1040. The molecule has 3 aromatic rings. The topological polar surface area (TPSA) is 73.2 Å². The minimum Gasteiger partial charge on any atom is -0.492 e. The number of nitrogens with one attached hydrogen (secondary N) is 1. The fourth-order valence-electron chi connectivity index (χ4n) is 3.35. The standard InChI is InChI=1S/C21H21N3O3S/c1-14-3-8-18-16(11-14)13-22-24(18)9-10-27-17-6-4-15(5-7-17)12-21(2)19(25)23-20(26)28-21/h3-8,11,13H,9-10,12H2,1-2H3,(H,23,25,26). The van der Waals surface area contributed by atoms with Crippen LogP contribution in [0.5, 0.6) is 5.75 Å². The van der Waals surface area contributed by atoms with Gasteiger partial charge in [-0.1, -0.05) is 23.8 Å². The van der Waals surface area contributed by atoms with Crippen molar-refractivity contribution in [2.45, 2.75) is 31.6 Å². The van der Waals surface area contributed by atoms with Gasteiger partial charge in [0.25, 0.3) is 5.24 Å². The quantitative estimate of drug-likeness (QED) is 0.689. The summed E-state index contributed by atoms with van der Waals surface area (Å²) in [6, 6.07) is 13.9. The molecule has 144 valence electrons. The number of aromatic nitrogens is 2. The lowest BCUT2D eigenvalue weighted by molar-refractivity contribution is -0.121. The molecule has 1 N–H and O–H groups in total. The van der Waals surface area contributed by atoms with Gasteiger partial charge in [0.15, 0.2) is 0 Å². The summed E-state index contributed by atoms with van der Waals surface area (Å²) in [5.41, 5.74) is 3.30. The lowest BCUT2D eigenvalue weighted by Gasteiger charge is -2.18. The van der Waals surface area contributed by atoms with E-state index in [2.05, 4.69) is 35.5 Å². The zero-order valence-electron chi connectivity index (χ0n) is 15.8. The van der Waals surface area contributed by atoms with Crippen LogP contribution >= 0.6 is 11.8 Å². The highest BCUT2D eigenvalue weighted by Crippen LogP contribution is 2.34. The molecule has 0 radical (unpaired) electrons. The van der Waals surface area contributed by atoms with Gasteiger partial charge in [-0.2, -0.15) is 5.10 Å². The molecule has 1 aromatic heterocycles. The number of thioether (sulfide) groups is 1. The molecule has 2 aromatic carbocycles. The molecule has 0 bridgehead atoms. The summed E-state index contributed by atoms with van der Waals surface area (Å²) >= 11 is 1.05. The molecule has 0 spiro atoms. The van der Waals surface area contributed by atoms with Gasteiger partial charge in [-0.15, -0.1) is 0 Å². The number of benzene rings is 2. The first kappa shape index (κ1) is 18.6. The van der Waals surface area contributed by atoms with Gasteiger partial charge in [0, 0.05) is 5.39 Å². The summed E-state index contributed by atoms with van der Waals surface area (Å²) in [5.74, 6) is 0.533. The molecule has 2 heterocycles. The van der Waals surface area contributed by atoms with Gasteiger partial charge in [0.05, 0.1) is 18.3 Å². The smallest absolute Gasteiger partial charge is 0.286 e. The van der Waals surface area contributed by atoms with Crippen LogP contribution in [0.2, 0.25) is 0 Å². The number of amides is 2. The number of rotatable bonds is 6. The van der Waals surface area contributed by atoms with Crippen molar-refractivity contribution in [1.29, 1.82) is 0 Å². The number of carbonyl (C=O) groups excluding carboxylic acids is 2. The number of fused-ring (bicyclic) bond motifs is 1. The van der Waals surface area contributed by atoms with Crippen LogP contribution < -0.4 is 10.1 Å². The molecule has 2 amide bonds. The van der Waals surface area contributed by atoms with E-state index in [9.17, 15) is 9.59 Å². The van der Waals surface area contributed by atoms with E-state index in [1.54, 1.807) is 6.92 Å². The maximum Gasteiger partial charge on any atom is 0.286 e. The second-order valence-corrected chi connectivity index (χ2v) is 8.65. The van der Waals surface area contributed by atoms with Crippen molar-refractivity contribution >= 4 is 33.8 Å². The van der Waals surface area contributed by atoms with E-state index in [-0.39, 0.29) is 11.1 Å². The molecule has 0 aliphatic carbocycles. The molecule has 1 aliphatic heterocycles. The lowest BCUT2D eigenvalue weighted by Crippen LogP contribution is -2.35. The summed E-state index contributed by atoms with van der Waals surface area (Å²) in [6.45, 7) is 5.03. The van der Waals surface area contributed by atoms with E-state index in [1.165, 1.54) is 5.56 Å². The number of hydrogen-bond donors (Lipinski definition) is 1. The van der Waals surface area contributed by atoms with Crippen molar-refractivity contribution in [2.24, 2.45) is 0 Å². The summed E-state index contributed by atoms with van der Waals surface area (Å²) < 4.78 is 7.03. The van der Waals surface area contributed by atoms with Crippen molar-refractivity contribution in [3.63, 3.8) is 0 Å². The Hall–Kier alpha value is -2.80. The molecule has 28 heavy (non-hydrogen) atoms. The van der Waals surface area contributed by atoms with Crippen LogP contribution in [0.3, 0.4) is 0 Å². The minimum atomic E-state index is -0.751. The highest BCUT2D eigenvalue weighted by atomic mass is 32.2. The maximum atomic E-state index is 12.0. The molecule has 1 aliphatic rings. The van der Waals surface area contributed by atoms with Gasteiger partial charge < -0.3 is 4.74 Å². The highest BCUT2D eigenvalue weighted by molar-refractivity contribution is 8.16. The third-order valence-electron chi connectivity index (χ3n) is 4.85. The molecule has 7 heteroatoms. The van der Waals surface area contributed by atoms with Crippen LogP contribution in [0.25, 0.3) is 10.9 Å². The maximum absolute atomic E-state index is 12.0. The molecule has 4 rings (SSSR count). The lowest BCUT2D eigenvalue weighted by atomic mass is 9.99. The third-order valence-corrected chi connectivity index (χ3v) is 5.92. The fourth-order valence-corrected chi connectivity index (χ4v) is 4.28. The Morgan fingerprint density at radius 3 is 2.68 bits per heavy atom. The molecule has 1 unspecified atom stereocenters. The van der Waals surface area contributed by atoms with E-state index < -0.39 is 4.75 Å². The minimum absolute atomic E-state index is 0.232. The van der Waals surface area contributed by atoms with E-state index in [4.69, 9.17) is 4.74 Å². The Morgan fingerprint density at radius 2 is 1.96 bits per heavy atom. The predicted octanol–water partition coefficient (Wildman–Crippen LogP) is 3.71. The number of carbonyl (C=O) groups is 2. The normalized spacial score (nSPS) is 19.2. The number of hydrogen-bond acceptors (Lipinski definition) is 5. The average Bonchev–Trinajstić information content (AvgIpc) is 3.16. The first-order valence-corrected chi connectivity index (χ1v) is 9.93. The van der Waals surface area contributed by atoms with Crippen molar-refractivity contribution < 1.29 is 14.3 Å². The molecule has 1 fully saturated rings. The van der Waals surface area contributed by atoms with Crippen LogP contribution in [-0.4, -0.2) is 32.3 Å². The Labute approximate surface area is 167 Å². The van der Waals surface area contributed by atoms with Gasteiger partial charge in [-0.05, 0) is 61.9 Å². The summed E-state index contributed by atoms with van der Waals surface area (Å²) in [5, 5.41) is 7.62. The van der Waals surface area contributed by atoms with Crippen molar-refractivity contribution in [3.8, 4) is 5.75 Å². The van der Waals surface area contributed by atoms with Gasteiger partial charge in [0.1, 0.15) is 17.1 Å². The summed E-state index contributed by atoms with van der Waals surface area (Å²) in [7, 11) is 0. The second kappa shape index (κ2) is 7.31. The van der Waals surface area contributed by atoms with E-state index >= 15 is 0 Å². The molecule has 0 saturated carbocycles. The number of aryl methyl sites for hydroxylation is 1. The zero-order chi connectivity index (χ0) is 19.7. The van der Waals surface area contributed by atoms with Crippen LogP contribution in [0.4, 0.5) is 4.79 Å². The molecular weight excluding hydrogens is 374 g/mol. The molecular formula is C21H21N3O3S. The Morgan fingerprint density at radius 1 is 1.18 bits per heavy atom. The first-order valence-electron chi connectivity index (χ1n) is 9.11. The van der Waals surface area contributed by atoms with Crippen LogP contribution in [0.1, 0.15) is 18.1 Å². The van der Waals surface area contributed by atoms with Gasteiger partial charge in [0.2, 0.25) is 5.91 Å². The molecule has 1 saturated heterocycles. The summed E-state index contributed by atoms with van der Waals surface area (Å²) in [6.07, 6.45) is 2.37. The van der Waals surface area contributed by atoms with Gasteiger partial charge in [-0.3, -0.25) is 19.6 Å². The molecule has 1 atom stereocenters. The average molecular weight is 395 g/mol. The fraction of sp³-hybridized carbons (Fsp3) is 0.286. The van der Waals surface area contributed by atoms with Crippen LogP contribution in [-0.2, 0) is 17.8 Å². The van der Waals surface area contributed by atoms with E-state index in [0.29, 0.717) is 19.6 Å². The summed E-state index contributed by atoms with van der Waals surface area (Å²) in [4.78, 5) is 23.4. The Kier molecular flexibility index (Phi) is 4.85. The number of ether oxygens (including phenoxy) is 1. The van der Waals surface area contributed by atoms with Gasteiger partial charge in [-0.25, -0.2) is 0 Å². The van der Waals surface area contributed by atoms with Crippen LogP contribution in [0, 0.1) is 6.92 Å². The second-order valence-electron chi connectivity index (χ2n) is 7.17. The zero-order valence-corrected chi connectivity index (χ0v) is 16.6. The van der Waals surface area contributed by atoms with Crippen molar-refractivity contribution in [2.75, 3.05) is 6.61 Å². The van der Waals surface area contributed by atoms with E-state index in [1.807, 2.05) is 35.1 Å². The molecule has 6 nitrogen and oxygen atoms in total. The van der Waals surface area contributed by atoms with Crippen molar-refractivity contribution in [1.82, 2.24) is 15.1 Å². The number of nitrogens with zero attached hydrogens (tertiary/aromatic N) is 2. The Balaban J connectivity index is 1.34. The van der Waals surface area contributed by atoms with Crippen LogP contribution in [0.15, 0.2) is 48.7 Å². The van der Waals surface area contributed by atoms with Gasteiger partial charge >= 0.3 is 0 Å². The monoisotopic (exact) mass is 395 g/mol. The first-order chi connectivity index (χ1) is 13.4. The largest absolute Gasteiger partial charge is 0.492 e.